The van der Waals surface area contributed by atoms with Crippen LogP contribution in [0.3, 0.4) is 0 Å². The number of hydrogen-bond donors (Lipinski definition) is 2. The van der Waals surface area contributed by atoms with Crippen molar-refractivity contribution >= 4 is 45.3 Å². The Morgan fingerprint density at radius 1 is 1.18 bits per heavy atom. The Morgan fingerprint density at radius 2 is 2.03 bits per heavy atom. The first-order chi connectivity index (χ1) is 16.5. The smallest absolute Gasteiger partial charge is 0.243 e. The van der Waals surface area contributed by atoms with Crippen molar-refractivity contribution < 1.29 is 4.79 Å². The molecule has 34 heavy (non-hydrogen) atoms. The van der Waals surface area contributed by atoms with Gasteiger partial charge in [-0.15, -0.1) is 0 Å². The number of aromatic nitrogens is 4. The molecule has 4 heterocycles. The van der Waals surface area contributed by atoms with Crippen LogP contribution in [0.25, 0.3) is 44.3 Å². The number of nitrogen functional groups attached to an aromatic ring is 1. The van der Waals surface area contributed by atoms with E-state index in [0.717, 1.165) is 44.2 Å². The lowest BCUT2D eigenvalue weighted by Crippen LogP contribution is -2.32. The fourth-order valence-corrected chi connectivity index (χ4v) is 4.98. The molecule has 1 aliphatic heterocycles. The predicted molar refractivity (Wildman–Crippen MR) is 134 cm³/mol. The maximum Gasteiger partial charge on any atom is 0.243 e. The normalized spacial score (nSPS) is 14.6. The number of anilines is 1. The second-order valence-corrected chi connectivity index (χ2v) is 8.64. The van der Waals surface area contributed by atoms with Crippen LogP contribution in [0.15, 0.2) is 73.7 Å². The number of nitrogens with one attached hydrogen (secondary N) is 1. The molecule has 7 nitrogen and oxygen atoms in total. The summed E-state index contributed by atoms with van der Waals surface area (Å²) in [5, 5.41) is 5.38. The largest absolute Gasteiger partial charge is 0.383 e. The molecule has 0 radical (unpaired) electrons. The van der Waals surface area contributed by atoms with Crippen LogP contribution >= 0.6 is 11.6 Å². The van der Waals surface area contributed by atoms with Crippen LogP contribution in [-0.2, 0) is 11.3 Å². The Hall–Kier alpha value is -4.23. The Balaban J connectivity index is 1.70. The number of hydrogen-bond acceptors (Lipinski definition) is 5. The Bertz CT molecular complexity index is 1640. The van der Waals surface area contributed by atoms with Crippen molar-refractivity contribution in [1.82, 2.24) is 24.8 Å². The molecule has 0 unspecified atom stereocenters. The quantitative estimate of drug-likeness (QED) is 0.368. The van der Waals surface area contributed by atoms with Gasteiger partial charge in [-0.05, 0) is 35.9 Å². The highest BCUT2D eigenvalue weighted by Gasteiger charge is 2.32. The van der Waals surface area contributed by atoms with E-state index in [1.165, 1.54) is 12.4 Å². The molecular weight excluding hydrogens is 448 g/mol. The number of rotatable bonds is 3. The van der Waals surface area contributed by atoms with Gasteiger partial charge in [0.1, 0.15) is 17.8 Å². The van der Waals surface area contributed by atoms with Gasteiger partial charge in [0.25, 0.3) is 0 Å². The van der Waals surface area contributed by atoms with Gasteiger partial charge in [0.2, 0.25) is 5.91 Å². The molecule has 0 fully saturated rings. The van der Waals surface area contributed by atoms with E-state index in [9.17, 15) is 4.79 Å². The third kappa shape index (κ3) is 3.05. The molecule has 0 saturated heterocycles. The maximum atomic E-state index is 12.2. The minimum Gasteiger partial charge on any atom is -0.383 e. The molecule has 1 amide bonds. The van der Waals surface area contributed by atoms with E-state index >= 15 is 0 Å². The lowest BCUT2D eigenvalue weighted by atomic mass is 9.90. The van der Waals surface area contributed by atoms with Crippen molar-refractivity contribution in [1.29, 1.82) is 0 Å². The molecule has 5 aromatic rings. The minimum atomic E-state index is -0.292. The van der Waals surface area contributed by atoms with E-state index in [1.807, 2.05) is 48.7 Å². The molecule has 2 aromatic carbocycles. The van der Waals surface area contributed by atoms with Crippen LogP contribution in [0.5, 0.6) is 0 Å². The highest BCUT2D eigenvalue weighted by molar-refractivity contribution is 6.31. The fraction of sp³-hybridized carbons (Fsp3) is 0.0769. The maximum absolute atomic E-state index is 12.2. The summed E-state index contributed by atoms with van der Waals surface area (Å²) in [6.45, 7) is 4.06. The van der Waals surface area contributed by atoms with E-state index in [1.54, 1.807) is 0 Å². The number of halogens is 1. The average Bonchev–Trinajstić information content (AvgIpc) is 3.19. The molecule has 0 bridgehead atoms. The van der Waals surface area contributed by atoms with Crippen LogP contribution in [0.2, 0.25) is 5.02 Å². The monoisotopic (exact) mass is 466 g/mol. The number of nitrogens with two attached hydrogens (primary N) is 1. The third-order valence-electron chi connectivity index (χ3n) is 6.26. The minimum absolute atomic E-state index is 0.251. The number of benzene rings is 2. The summed E-state index contributed by atoms with van der Waals surface area (Å²) in [5.74, 6) is 0.129. The summed E-state index contributed by atoms with van der Waals surface area (Å²) in [6, 6.07) is 15.5. The SMILES string of the molecule is C=CC(=O)N[C@@H]1Cn2c(c(-c3cnc4ccccc4c3)c3c(N)ncnc32)-c2cc(Cl)ccc21. The van der Waals surface area contributed by atoms with Crippen molar-refractivity contribution in [3.8, 4) is 22.4 Å². The van der Waals surface area contributed by atoms with Gasteiger partial charge in [-0.2, -0.15) is 0 Å². The number of pyridine rings is 1. The summed E-state index contributed by atoms with van der Waals surface area (Å²) in [5.41, 5.74) is 12.6. The van der Waals surface area contributed by atoms with Gasteiger partial charge in [-0.25, -0.2) is 9.97 Å². The van der Waals surface area contributed by atoms with E-state index in [-0.39, 0.29) is 11.9 Å². The number of fused-ring (bicyclic) bond motifs is 6. The topological polar surface area (TPSA) is 98.7 Å². The molecule has 3 aromatic heterocycles. The first-order valence-corrected chi connectivity index (χ1v) is 11.1. The van der Waals surface area contributed by atoms with E-state index in [4.69, 9.17) is 17.3 Å². The van der Waals surface area contributed by atoms with Gasteiger partial charge in [-0.3, -0.25) is 9.78 Å². The van der Waals surface area contributed by atoms with Gasteiger partial charge in [0, 0.05) is 39.8 Å². The highest BCUT2D eigenvalue weighted by atomic mass is 35.5. The Morgan fingerprint density at radius 3 is 2.88 bits per heavy atom. The predicted octanol–water partition coefficient (Wildman–Crippen LogP) is 4.91. The number of para-hydroxylation sites is 1. The van der Waals surface area contributed by atoms with Crippen LogP contribution in [0.4, 0.5) is 5.82 Å². The van der Waals surface area contributed by atoms with Crippen LogP contribution in [0, 0.1) is 0 Å². The lowest BCUT2D eigenvalue weighted by molar-refractivity contribution is -0.117. The number of carbonyl (C=O) groups excluding carboxylic acids is 1. The molecular formula is C26H19ClN6O. The Kier molecular flexibility index (Phi) is 4.60. The van der Waals surface area contributed by atoms with Gasteiger partial charge in [0.05, 0.1) is 22.6 Å². The first kappa shape index (κ1) is 20.4. The van der Waals surface area contributed by atoms with Crippen molar-refractivity contribution in [2.45, 2.75) is 12.6 Å². The molecule has 8 heteroatoms. The molecule has 1 atom stereocenters. The van der Waals surface area contributed by atoms with Crippen LogP contribution < -0.4 is 11.1 Å². The lowest BCUT2D eigenvalue weighted by Gasteiger charge is -2.29. The highest BCUT2D eigenvalue weighted by Crippen LogP contribution is 2.47. The zero-order chi connectivity index (χ0) is 23.4. The summed E-state index contributed by atoms with van der Waals surface area (Å²) < 4.78 is 2.07. The molecule has 0 aliphatic carbocycles. The van der Waals surface area contributed by atoms with E-state index in [0.29, 0.717) is 23.0 Å². The van der Waals surface area contributed by atoms with E-state index < -0.39 is 0 Å². The zero-order valence-electron chi connectivity index (χ0n) is 18.0. The van der Waals surface area contributed by atoms with Crippen molar-refractivity contribution in [2.75, 3.05) is 5.73 Å². The first-order valence-electron chi connectivity index (χ1n) is 10.8. The number of amides is 1. The third-order valence-corrected chi connectivity index (χ3v) is 6.50. The van der Waals surface area contributed by atoms with Crippen molar-refractivity contribution in [2.24, 2.45) is 0 Å². The molecule has 0 spiro atoms. The molecule has 6 rings (SSSR count). The van der Waals surface area contributed by atoms with Crippen molar-refractivity contribution in [3.63, 3.8) is 0 Å². The van der Waals surface area contributed by atoms with Gasteiger partial charge < -0.3 is 15.6 Å². The summed E-state index contributed by atoms with van der Waals surface area (Å²) >= 11 is 6.45. The number of carbonyl (C=O) groups is 1. The second-order valence-electron chi connectivity index (χ2n) is 8.21. The molecule has 0 saturated carbocycles. The molecule has 166 valence electrons. The Labute approximate surface area is 199 Å². The second kappa shape index (κ2) is 7.67. The van der Waals surface area contributed by atoms with E-state index in [2.05, 4.69) is 37.5 Å². The van der Waals surface area contributed by atoms with Crippen LogP contribution in [-0.4, -0.2) is 25.4 Å². The van der Waals surface area contributed by atoms with Gasteiger partial charge in [0.15, 0.2) is 0 Å². The van der Waals surface area contributed by atoms with Gasteiger partial charge >= 0.3 is 0 Å². The molecule has 1 aliphatic rings. The van der Waals surface area contributed by atoms with Gasteiger partial charge in [-0.1, -0.05) is 42.4 Å². The number of nitrogens with zero attached hydrogens (tertiary/aromatic N) is 4. The zero-order valence-corrected chi connectivity index (χ0v) is 18.8. The standard InChI is InChI=1S/C26H19ClN6O/c1-2-21(34)32-20-12-33-24(18-10-16(27)7-8-17(18)20)22(23-25(28)30-13-31-26(23)33)15-9-14-5-3-4-6-19(14)29-11-15/h2-11,13,20H,1,12H2,(H,32,34)(H2,28,30,31)/t20-/m1/s1. The summed E-state index contributed by atoms with van der Waals surface area (Å²) in [6.07, 6.45) is 4.57. The average molecular weight is 467 g/mol. The fourth-order valence-electron chi connectivity index (χ4n) is 4.81. The molecule has 3 N–H and O–H groups in total. The summed E-state index contributed by atoms with van der Waals surface area (Å²) in [7, 11) is 0. The summed E-state index contributed by atoms with van der Waals surface area (Å²) in [4.78, 5) is 25.8. The van der Waals surface area contributed by atoms with Crippen LogP contribution in [0.1, 0.15) is 11.6 Å². The van der Waals surface area contributed by atoms with Crippen molar-refractivity contribution in [3.05, 3.63) is 84.3 Å².